The highest BCUT2D eigenvalue weighted by molar-refractivity contribution is 7.92. The van der Waals surface area contributed by atoms with Crippen molar-refractivity contribution in [1.82, 2.24) is 9.21 Å². The molecule has 1 aliphatic heterocycles. The lowest BCUT2D eigenvalue weighted by Gasteiger charge is -2.35. The predicted molar refractivity (Wildman–Crippen MR) is 185 cm³/mol. The zero-order chi connectivity index (χ0) is 35.9. The van der Waals surface area contributed by atoms with Gasteiger partial charge in [-0.25, -0.2) is 21.2 Å². The molecule has 3 aromatic rings. The zero-order valence-corrected chi connectivity index (χ0v) is 30.3. The zero-order valence-electron chi connectivity index (χ0n) is 27.9. The van der Waals surface area contributed by atoms with Crippen LogP contribution in [0.25, 0.3) is 0 Å². The van der Waals surface area contributed by atoms with Crippen molar-refractivity contribution >= 4 is 43.2 Å². The Hall–Kier alpha value is -3.27. The number of anilines is 1. The Morgan fingerprint density at radius 1 is 1.02 bits per heavy atom. The largest absolute Gasteiger partial charge is 0.490 e. The molecular weight excluding hydrogens is 697 g/mol. The van der Waals surface area contributed by atoms with Gasteiger partial charge in [0.25, 0.3) is 15.9 Å². The molecule has 0 unspecified atom stereocenters. The lowest BCUT2D eigenvalue weighted by Crippen LogP contribution is -2.48. The van der Waals surface area contributed by atoms with E-state index in [1.807, 2.05) is 13.8 Å². The van der Waals surface area contributed by atoms with Crippen LogP contribution in [0.1, 0.15) is 50.4 Å². The van der Waals surface area contributed by atoms with E-state index in [2.05, 4.69) is 4.72 Å². The summed E-state index contributed by atoms with van der Waals surface area (Å²) in [5.74, 6) is -1.25. The van der Waals surface area contributed by atoms with Gasteiger partial charge in [0, 0.05) is 43.4 Å². The van der Waals surface area contributed by atoms with Crippen molar-refractivity contribution in [3.8, 4) is 5.75 Å². The first-order valence-electron chi connectivity index (χ1n) is 16.0. The maximum Gasteiger partial charge on any atom is 0.261 e. The smallest absolute Gasteiger partial charge is 0.261 e. The minimum atomic E-state index is -4.03. The molecule has 2 N–H and O–H groups in total. The normalized spacial score (nSPS) is 20.6. The Labute approximate surface area is 293 Å². The highest BCUT2D eigenvalue weighted by atomic mass is 35.5. The monoisotopic (exact) mass is 739 g/mol. The van der Waals surface area contributed by atoms with Gasteiger partial charge < -0.3 is 19.5 Å². The topological polar surface area (TPSA) is 143 Å². The van der Waals surface area contributed by atoms with E-state index in [4.69, 9.17) is 21.1 Å². The summed E-state index contributed by atoms with van der Waals surface area (Å²) in [6.45, 7) is 5.34. The number of aliphatic hydroxyl groups excluding tert-OH is 1. The number of benzene rings is 3. The Kier molecular flexibility index (Phi) is 13.1. The summed E-state index contributed by atoms with van der Waals surface area (Å²) >= 11 is 5.93. The number of hydrogen-bond acceptors (Lipinski definition) is 8. The van der Waals surface area contributed by atoms with Gasteiger partial charge in [-0.1, -0.05) is 18.5 Å². The van der Waals surface area contributed by atoms with Crippen LogP contribution in [0, 0.1) is 11.7 Å². The highest BCUT2D eigenvalue weighted by Crippen LogP contribution is 2.30. The maximum atomic E-state index is 14.4. The van der Waals surface area contributed by atoms with Crippen LogP contribution in [0.5, 0.6) is 5.75 Å². The van der Waals surface area contributed by atoms with Crippen LogP contribution in [-0.2, 0) is 24.8 Å². The molecule has 15 heteroatoms. The minimum Gasteiger partial charge on any atom is -0.490 e. The number of nitrogens with one attached hydrogen (secondary N) is 1. The lowest BCUT2D eigenvalue weighted by molar-refractivity contribution is -0.00834. The second kappa shape index (κ2) is 16.6. The van der Waals surface area contributed by atoms with Crippen LogP contribution in [0.15, 0.2) is 76.5 Å². The number of rotatable bonds is 9. The van der Waals surface area contributed by atoms with E-state index in [1.54, 1.807) is 13.0 Å². The van der Waals surface area contributed by atoms with E-state index in [9.17, 15) is 31.1 Å². The van der Waals surface area contributed by atoms with E-state index >= 15 is 0 Å². The fraction of sp³-hybridized carbons (Fsp3) is 0.441. The Morgan fingerprint density at radius 2 is 1.67 bits per heavy atom. The molecule has 0 radical (unpaired) electrons. The Balaban J connectivity index is 1.67. The standard InChI is InChI=1S/C34H43ClFN3O8S2/c1-23-20-39(24(2)22-40)34(41)31-19-28(37-48(42,43)29-13-8-26(35)9-14-29)12-17-32(31)47-25(3)7-5-6-18-46-33(23)21-38(4)49(44,45)30-15-10-27(36)11-16-30/h8-17,19,23-25,33,37,40H,5-7,18,20-22H2,1-4H3/t23-,24-,25+,33+/m1/s1. The summed E-state index contributed by atoms with van der Waals surface area (Å²) in [5.41, 5.74) is 0.207. The van der Waals surface area contributed by atoms with Gasteiger partial charge in [-0.3, -0.25) is 9.52 Å². The first-order valence-corrected chi connectivity index (χ1v) is 19.3. The number of carbonyl (C=O) groups is 1. The number of carbonyl (C=O) groups excluding carboxylic acids is 1. The number of ether oxygens (including phenoxy) is 2. The van der Waals surface area contributed by atoms with Crippen molar-refractivity contribution in [2.75, 3.05) is 38.1 Å². The maximum absolute atomic E-state index is 14.4. The second-order valence-electron chi connectivity index (χ2n) is 12.3. The molecule has 0 saturated carbocycles. The molecule has 4 atom stereocenters. The van der Waals surface area contributed by atoms with E-state index < -0.39 is 49.8 Å². The van der Waals surface area contributed by atoms with E-state index in [0.29, 0.717) is 24.5 Å². The minimum absolute atomic E-state index is 0.0185. The molecule has 4 rings (SSSR count). The number of aliphatic hydroxyl groups is 1. The SMILES string of the molecule is C[C@@H]1CN([C@H](C)CO)C(=O)c2cc(NS(=O)(=O)c3ccc(Cl)cc3)ccc2O[C@@H](C)CCCCO[C@H]1CN(C)S(=O)(=O)c1ccc(F)cc1. The van der Waals surface area contributed by atoms with Gasteiger partial charge in [0.2, 0.25) is 10.0 Å². The number of fused-ring (bicyclic) bond motifs is 1. The van der Waals surface area contributed by atoms with Gasteiger partial charge in [0.05, 0.1) is 40.2 Å². The molecule has 268 valence electrons. The third-order valence-electron chi connectivity index (χ3n) is 8.39. The first kappa shape index (κ1) is 38.5. The van der Waals surface area contributed by atoms with Crippen molar-refractivity contribution in [1.29, 1.82) is 0 Å². The highest BCUT2D eigenvalue weighted by Gasteiger charge is 2.32. The van der Waals surface area contributed by atoms with E-state index in [-0.39, 0.29) is 52.6 Å². The lowest BCUT2D eigenvalue weighted by atomic mass is 10.0. The second-order valence-corrected chi connectivity index (χ2v) is 16.5. The van der Waals surface area contributed by atoms with Crippen molar-refractivity contribution in [3.63, 3.8) is 0 Å². The Morgan fingerprint density at radius 3 is 2.33 bits per heavy atom. The van der Waals surface area contributed by atoms with Crippen LogP contribution < -0.4 is 9.46 Å². The van der Waals surface area contributed by atoms with Crippen LogP contribution in [-0.4, -0.2) is 88.7 Å². The molecule has 3 aromatic carbocycles. The van der Waals surface area contributed by atoms with Crippen molar-refractivity contribution in [3.05, 3.63) is 83.1 Å². The fourth-order valence-corrected chi connectivity index (χ4v) is 7.77. The molecule has 1 aliphatic rings. The number of halogens is 2. The Bertz CT molecular complexity index is 1790. The summed E-state index contributed by atoms with van der Waals surface area (Å²) in [4.78, 5) is 15.7. The van der Waals surface area contributed by atoms with Crippen LogP contribution in [0.2, 0.25) is 5.02 Å². The number of nitrogens with zero attached hydrogens (tertiary/aromatic N) is 2. The molecule has 0 fully saturated rings. The van der Waals surface area contributed by atoms with Gasteiger partial charge in [-0.05, 0) is 99.8 Å². The molecule has 0 bridgehead atoms. The molecule has 0 aromatic heterocycles. The van der Waals surface area contributed by atoms with E-state index in [1.165, 1.54) is 60.5 Å². The third-order valence-corrected chi connectivity index (χ3v) is 11.9. The molecule has 0 aliphatic carbocycles. The summed E-state index contributed by atoms with van der Waals surface area (Å²) in [7, 11) is -6.60. The average Bonchev–Trinajstić information content (AvgIpc) is 3.06. The molecule has 11 nitrogen and oxygen atoms in total. The summed E-state index contributed by atoms with van der Waals surface area (Å²) in [5, 5.41) is 10.6. The average molecular weight is 740 g/mol. The van der Waals surface area contributed by atoms with Gasteiger partial charge in [-0.15, -0.1) is 0 Å². The summed E-state index contributed by atoms with van der Waals surface area (Å²) < 4.78 is 82.7. The summed E-state index contributed by atoms with van der Waals surface area (Å²) in [6, 6.07) is 14.0. The number of amides is 1. The fourth-order valence-electron chi connectivity index (χ4n) is 5.41. The van der Waals surface area contributed by atoms with E-state index in [0.717, 1.165) is 22.9 Å². The van der Waals surface area contributed by atoms with Crippen LogP contribution >= 0.6 is 11.6 Å². The molecule has 0 spiro atoms. The van der Waals surface area contributed by atoms with Gasteiger partial charge in [0.1, 0.15) is 11.6 Å². The quantitative estimate of drug-likeness (QED) is 0.297. The van der Waals surface area contributed by atoms with Crippen molar-refractivity contribution in [2.24, 2.45) is 5.92 Å². The molecule has 49 heavy (non-hydrogen) atoms. The van der Waals surface area contributed by atoms with Gasteiger partial charge >= 0.3 is 0 Å². The number of sulfonamides is 2. The van der Waals surface area contributed by atoms with Gasteiger partial charge in [-0.2, -0.15) is 4.31 Å². The number of hydrogen-bond donors (Lipinski definition) is 2. The summed E-state index contributed by atoms with van der Waals surface area (Å²) in [6.07, 6.45) is 1.05. The van der Waals surface area contributed by atoms with Crippen molar-refractivity contribution < 1.29 is 40.6 Å². The van der Waals surface area contributed by atoms with Crippen LogP contribution in [0.3, 0.4) is 0 Å². The third kappa shape index (κ3) is 9.92. The first-order chi connectivity index (χ1) is 23.1. The molecule has 1 heterocycles. The molecule has 1 amide bonds. The predicted octanol–water partition coefficient (Wildman–Crippen LogP) is 5.40. The number of likely N-dealkylation sites (N-methyl/N-ethyl adjacent to an activating group) is 1. The molecule has 0 saturated heterocycles. The van der Waals surface area contributed by atoms with Crippen molar-refractivity contribution in [2.45, 2.75) is 68.1 Å². The van der Waals surface area contributed by atoms with Crippen LogP contribution in [0.4, 0.5) is 10.1 Å². The van der Waals surface area contributed by atoms with Gasteiger partial charge in [0.15, 0.2) is 0 Å². The molecular formula is C34H43ClFN3O8S2.